The van der Waals surface area contributed by atoms with Crippen LogP contribution in [0.15, 0.2) is 24.3 Å². The molecular weight excluding hydrogens is 288 g/mol. The summed E-state index contributed by atoms with van der Waals surface area (Å²) in [6, 6.07) is 5.44. The summed E-state index contributed by atoms with van der Waals surface area (Å²) >= 11 is 0. The van der Waals surface area contributed by atoms with Crippen LogP contribution >= 0.6 is 0 Å². The third-order valence-corrected chi connectivity index (χ3v) is 2.92. The average molecular weight is 307 g/mol. The molecule has 1 aromatic carbocycles. The van der Waals surface area contributed by atoms with Crippen LogP contribution in [0.2, 0.25) is 0 Å². The number of likely N-dealkylation sites (N-methyl/N-ethyl adjacent to an activating group) is 1. The topological polar surface area (TPSA) is 53.1 Å². The first kappa shape index (κ1) is 16.1. The second-order valence-electron chi connectivity index (χ2n) is 5.17. The summed E-state index contributed by atoms with van der Waals surface area (Å²) in [5.74, 6) is -0.621. The molecule has 0 amide bonds. The average Bonchev–Trinajstić information content (AvgIpc) is 2.42. The highest BCUT2D eigenvalue weighted by Crippen LogP contribution is 2.22. The van der Waals surface area contributed by atoms with Crippen molar-refractivity contribution >= 4 is 17.5 Å². The van der Waals surface area contributed by atoms with Crippen molar-refractivity contribution in [2.75, 3.05) is 37.8 Å². The predicted octanol–water partition coefficient (Wildman–Crippen LogP) is 2.78. The van der Waals surface area contributed by atoms with Crippen LogP contribution in [0.5, 0.6) is 0 Å². The summed E-state index contributed by atoms with van der Waals surface area (Å²) in [6.45, 7) is 3.34. The number of benzene rings is 1. The number of aryl methyl sites for hydroxylation is 1. The van der Waals surface area contributed by atoms with Crippen LogP contribution in [0.3, 0.4) is 0 Å². The summed E-state index contributed by atoms with van der Waals surface area (Å²) in [6.07, 6.45) is 0. The lowest BCUT2D eigenvalue weighted by Crippen LogP contribution is -2.21. The van der Waals surface area contributed by atoms with Gasteiger partial charge in [-0.25, -0.2) is 13.8 Å². The van der Waals surface area contributed by atoms with E-state index >= 15 is 0 Å². The zero-order chi connectivity index (χ0) is 16.1. The quantitative estimate of drug-likeness (QED) is 0.859. The fourth-order valence-electron chi connectivity index (χ4n) is 1.85. The lowest BCUT2D eigenvalue weighted by atomic mass is 10.3. The van der Waals surface area contributed by atoms with Gasteiger partial charge in [0.1, 0.15) is 23.1 Å². The van der Waals surface area contributed by atoms with Crippen molar-refractivity contribution < 1.29 is 8.78 Å². The molecule has 0 unspecified atom stereocenters. The molecule has 1 heterocycles. The molecule has 5 nitrogen and oxygen atoms in total. The van der Waals surface area contributed by atoms with E-state index in [1.807, 2.05) is 19.0 Å². The summed E-state index contributed by atoms with van der Waals surface area (Å²) in [4.78, 5) is 10.4. The SMILES string of the molecule is Cc1cc(NCCN(C)C)nc(Nc2c(F)cccc2F)n1. The van der Waals surface area contributed by atoms with Crippen LogP contribution in [-0.2, 0) is 0 Å². The van der Waals surface area contributed by atoms with Crippen molar-refractivity contribution in [3.05, 3.63) is 41.6 Å². The van der Waals surface area contributed by atoms with Gasteiger partial charge in [-0.3, -0.25) is 0 Å². The Bertz CT molecular complexity index is 626. The molecule has 1 aromatic heterocycles. The van der Waals surface area contributed by atoms with Gasteiger partial charge >= 0.3 is 0 Å². The molecule has 0 fully saturated rings. The minimum Gasteiger partial charge on any atom is -0.369 e. The molecule has 2 rings (SSSR count). The standard InChI is InChI=1S/C15H19F2N5/c1-10-9-13(18-7-8-22(2)3)20-15(19-10)21-14-11(16)5-4-6-12(14)17/h4-6,9H,7-8H2,1-3H3,(H2,18,19,20,21). The summed E-state index contributed by atoms with van der Waals surface area (Å²) in [5, 5.41) is 5.75. The molecule has 0 saturated carbocycles. The number of aromatic nitrogens is 2. The summed E-state index contributed by atoms with van der Waals surface area (Å²) < 4.78 is 27.3. The Labute approximate surface area is 128 Å². The number of anilines is 3. The maximum Gasteiger partial charge on any atom is 0.229 e. The Kier molecular flexibility index (Phi) is 5.21. The van der Waals surface area contributed by atoms with Crippen LogP contribution in [0.4, 0.5) is 26.2 Å². The number of halogens is 2. The van der Waals surface area contributed by atoms with Crippen molar-refractivity contribution in [3.63, 3.8) is 0 Å². The van der Waals surface area contributed by atoms with Gasteiger partial charge in [-0.05, 0) is 33.2 Å². The van der Waals surface area contributed by atoms with Crippen molar-refractivity contribution in [1.82, 2.24) is 14.9 Å². The largest absolute Gasteiger partial charge is 0.369 e. The van der Waals surface area contributed by atoms with E-state index in [0.29, 0.717) is 18.1 Å². The number of nitrogens with one attached hydrogen (secondary N) is 2. The van der Waals surface area contributed by atoms with Gasteiger partial charge in [0.2, 0.25) is 5.95 Å². The Balaban J connectivity index is 2.16. The van der Waals surface area contributed by atoms with Crippen LogP contribution in [0, 0.1) is 18.6 Å². The molecule has 0 saturated heterocycles. The fraction of sp³-hybridized carbons (Fsp3) is 0.333. The van der Waals surface area contributed by atoms with Crippen molar-refractivity contribution in [3.8, 4) is 0 Å². The Morgan fingerprint density at radius 2 is 1.82 bits per heavy atom. The first-order chi connectivity index (χ1) is 10.5. The Morgan fingerprint density at radius 1 is 1.14 bits per heavy atom. The van der Waals surface area contributed by atoms with Crippen LogP contribution in [-0.4, -0.2) is 42.1 Å². The Morgan fingerprint density at radius 3 is 2.45 bits per heavy atom. The number of rotatable bonds is 6. The molecule has 2 aromatic rings. The third kappa shape index (κ3) is 4.36. The van der Waals surface area contributed by atoms with Gasteiger partial charge in [0, 0.05) is 24.8 Å². The highest BCUT2D eigenvalue weighted by atomic mass is 19.1. The van der Waals surface area contributed by atoms with Crippen molar-refractivity contribution in [1.29, 1.82) is 0 Å². The van der Waals surface area contributed by atoms with E-state index in [-0.39, 0.29) is 11.6 Å². The smallest absolute Gasteiger partial charge is 0.229 e. The molecule has 0 radical (unpaired) electrons. The van der Waals surface area contributed by atoms with Crippen LogP contribution in [0.25, 0.3) is 0 Å². The minimum absolute atomic E-state index is 0.149. The lowest BCUT2D eigenvalue weighted by Gasteiger charge is -2.13. The normalized spacial score (nSPS) is 10.8. The van der Waals surface area contributed by atoms with Gasteiger partial charge in [0.25, 0.3) is 0 Å². The van der Waals surface area contributed by atoms with E-state index in [0.717, 1.165) is 6.54 Å². The van der Waals surface area contributed by atoms with Gasteiger partial charge < -0.3 is 15.5 Å². The van der Waals surface area contributed by atoms with E-state index in [9.17, 15) is 8.78 Å². The van der Waals surface area contributed by atoms with E-state index in [4.69, 9.17) is 0 Å². The second kappa shape index (κ2) is 7.13. The van der Waals surface area contributed by atoms with Gasteiger partial charge in [0.05, 0.1) is 0 Å². The van der Waals surface area contributed by atoms with E-state index in [1.165, 1.54) is 18.2 Å². The second-order valence-corrected chi connectivity index (χ2v) is 5.17. The zero-order valence-corrected chi connectivity index (χ0v) is 12.8. The third-order valence-electron chi connectivity index (χ3n) is 2.92. The van der Waals surface area contributed by atoms with E-state index in [1.54, 1.807) is 13.0 Å². The highest BCUT2D eigenvalue weighted by molar-refractivity contribution is 5.56. The summed E-state index contributed by atoms with van der Waals surface area (Å²) in [7, 11) is 3.95. The number of para-hydroxylation sites is 1. The summed E-state index contributed by atoms with van der Waals surface area (Å²) in [5.41, 5.74) is 0.439. The molecule has 0 bridgehead atoms. The van der Waals surface area contributed by atoms with E-state index in [2.05, 4.69) is 20.6 Å². The molecule has 2 N–H and O–H groups in total. The first-order valence-electron chi connectivity index (χ1n) is 6.91. The molecule has 0 aliphatic rings. The number of hydrogen-bond acceptors (Lipinski definition) is 5. The molecule has 0 aliphatic carbocycles. The molecule has 7 heteroatoms. The van der Waals surface area contributed by atoms with Crippen LogP contribution in [0.1, 0.15) is 5.69 Å². The molecule has 0 spiro atoms. The van der Waals surface area contributed by atoms with E-state index < -0.39 is 11.6 Å². The fourth-order valence-corrected chi connectivity index (χ4v) is 1.85. The van der Waals surface area contributed by atoms with Crippen molar-refractivity contribution in [2.45, 2.75) is 6.92 Å². The maximum atomic E-state index is 13.6. The van der Waals surface area contributed by atoms with Gasteiger partial charge in [-0.15, -0.1) is 0 Å². The molecule has 22 heavy (non-hydrogen) atoms. The predicted molar refractivity (Wildman–Crippen MR) is 83.5 cm³/mol. The minimum atomic E-state index is -0.688. The molecule has 0 atom stereocenters. The van der Waals surface area contributed by atoms with Crippen molar-refractivity contribution in [2.24, 2.45) is 0 Å². The Hall–Kier alpha value is -2.28. The molecule has 118 valence electrons. The van der Waals surface area contributed by atoms with Gasteiger partial charge in [-0.2, -0.15) is 4.98 Å². The molecule has 0 aliphatic heterocycles. The highest BCUT2D eigenvalue weighted by Gasteiger charge is 2.10. The number of nitrogens with zero attached hydrogens (tertiary/aromatic N) is 3. The zero-order valence-electron chi connectivity index (χ0n) is 12.8. The van der Waals surface area contributed by atoms with Gasteiger partial charge in [-0.1, -0.05) is 6.07 Å². The lowest BCUT2D eigenvalue weighted by molar-refractivity contribution is 0.425. The van der Waals surface area contributed by atoms with Gasteiger partial charge in [0.15, 0.2) is 0 Å². The maximum absolute atomic E-state index is 13.6. The van der Waals surface area contributed by atoms with Crippen LogP contribution < -0.4 is 10.6 Å². The molecular formula is C15H19F2N5. The first-order valence-corrected chi connectivity index (χ1v) is 6.91. The number of hydrogen-bond donors (Lipinski definition) is 2. The monoisotopic (exact) mass is 307 g/mol.